The molecule has 0 aliphatic carbocycles. The molecule has 0 radical (unpaired) electrons. The van der Waals surface area contributed by atoms with Gasteiger partial charge in [-0.25, -0.2) is 13.8 Å². The molecule has 1 heterocycles. The van der Waals surface area contributed by atoms with Gasteiger partial charge < -0.3 is 4.74 Å². The van der Waals surface area contributed by atoms with Crippen LogP contribution in [-0.2, 0) is 0 Å². The van der Waals surface area contributed by atoms with Crippen LogP contribution in [0.2, 0.25) is 0 Å². The molecule has 72 valence electrons. The Morgan fingerprint density at radius 3 is 2.54 bits per heavy atom. The maximum atomic E-state index is 12.4. The van der Waals surface area contributed by atoms with Crippen molar-refractivity contribution in [3.05, 3.63) is 20.7 Å². The van der Waals surface area contributed by atoms with E-state index in [0.29, 0.717) is 4.60 Å². The van der Waals surface area contributed by atoms with Gasteiger partial charge in [-0.1, -0.05) is 15.9 Å². The van der Waals surface area contributed by atoms with E-state index in [1.807, 2.05) is 0 Å². The van der Waals surface area contributed by atoms with Gasteiger partial charge in [-0.2, -0.15) is 0 Å². The molecule has 0 aliphatic rings. The number of methoxy groups -OCH3 is 1. The molecule has 0 unspecified atom stereocenters. The van der Waals surface area contributed by atoms with Crippen molar-refractivity contribution in [3.63, 3.8) is 0 Å². The lowest BCUT2D eigenvalue weighted by Crippen LogP contribution is -1.97. The zero-order valence-electron chi connectivity index (χ0n) is 6.52. The summed E-state index contributed by atoms with van der Waals surface area (Å²) < 4.78 is 30.3. The minimum Gasteiger partial charge on any atom is -0.481 e. The third kappa shape index (κ3) is 2.37. The quantitative estimate of drug-likeness (QED) is 0.778. The van der Waals surface area contributed by atoms with Gasteiger partial charge >= 0.3 is 0 Å². The van der Waals surface area contributed by atoms with Crippen LogP contribution in [0, 0.1) is 0 Å². The first-order valence-electron chi connectivity index (χ1n) is 3.24. The van der Waals surface area contributed by atoms with Crippen LogP contribution in [0.25, 0.3) is 0 Å². The third-order valence-corrected chi connectivity index (χ3v) is 2.42. The first-order chi connectivity index (χ1) is 6.06. The van der Waals surface area contributed by atoms with Crippen molar-refractivity contribution in [3.8, 4) is 5.88 Å². The second-order valence-corrected chi connectivity index (χ2v) is 3.82. The lowest BCUT2D eigenvalue weighted by Gasteiger charge is -2.08. The van der Waals surface area contributed by atoms with Crippen LogP contribution in [0.1, 0.15) is 12.0 Å². The van der Waals surface area contributed by atoms with Crippen LogP contribution >= 0.6 is 31.9 Å². The average molecular weight is 317 g/mol. The molecule has 0 atom stereocenters. The molecular weight excluding hydrogens is 312 g/mol. The zero-order valence-corrected chi connectivity index (χ0v) is 9.69. The normalized spacial score (nSPS) is 10.6. The smallest absolute Gasteiger partial charge is 0.270 e. The van der Waals surface area contributed by atoms with Gasteiger partial charge in [0.05, 0.1) is 12.7 Å². The van der Waals surface area contributed by atoms with E-state index in [1.165, 1.54) is 13.2 Å². The van der Waals surface area contributed by atoms with Crippen molar-refractivity contribution in [1.82, 2.24) is 4.98 Å². The number of hydrogen-bond acceptors (Lipinski definition) is 2. The number of rotatable bonds is 2. The Morgan fingerprint density at radius 2 is 2.08 bits per heavy atom. The first kappa shape index (κ1) is 10.8. The van der Waals surface area contributed by atoms with Crippen LogP contribution in [0.15, 0.2) is 15.1 Å². The fourth-order valence-corrected chi connectivity index (χ4v) is 2.08. The molecule has 0 fully saturated rings. The second-order valence-electron chi connectivity index (χ2n) is 2.15. The van der Waals surface area contributed by atoms with Gasteiger partial charge in [-0.15, -0.1) is 0 Å². The summed E-state index contributed by atoms with van der Waals surface area (Å²) in [5.74, 6) is -0.0729. The summed E-state index contributed by atoms with van der Waals surface area (Å²) in [6.45, 7) is 0. The lowest BCUT2D eigenvalue weighted by molar-refractivity contribution is 0.145. The van der Waals surface area contributed by atoms with Gasteiger partial charge in [0.1, 0.15) is 4.60 Å². The van der Waals surface area contributed by atoms with E-state index in [4.69, 9.17) is 4.74 Å². The molecule has 0 aliphatic heterocycles. The molecule has 13 heavy (non-hydrogen) atoms. The number of nitrogens with zero attached hydrogens (tertiary/aromatic N) is 1. The number of halogens is 4. The zero-order chi connectivity index (χ0) is 10.0. The molecular formula is C7H5Br2F2NO. The Balaban J connectivity index is 3.30. The monoisotopic (exact) mass is 315 g/mol. The Hall–Kier alpha value is -0.230. The molecule has 0 N–H and O–H groups in total. The molecule has 1 aromatic heterocycles. The van der Waals surface area contributed by atoms with Gasteiger partial charge in [0.15, 0.2) is 0 Å². The topological polar surface area (TPSA) is 22.1 Å². The minimum atomic E-state index is -2.61. The fraction of sp³-hybridized carbons (Fsp3) is 0.286. The van der Waals surface area contributed by atoms with Crippen LogP contribution in [0.4, 0.5) is 8.78 Å². The summed E-state index contributed by atoms with van der Waals surface area (Å²) in [5.41, 5.74) is -0.231. The highest BCUT2D eigenvalue weighted by Crippen LogP contribution is 2.35. The summed E-state index contributed by atoms with van der Waals surface area (Å²) in [6, 6.07) is 1.45. The van der Waals surface area contributed by atoms with Crippen LogP contribution in [0.3, 0.4) is 0 Å². The summed E-state index contributed by atoms with van der Waals surface area (Å²) in [7, 11) is 1.30. The summed E-state index contributed by atoms with van der Waals surface area (Å²) in [6.07, 6.45) is -2.61. The third-order valence-electron chi connectivity index (χ3n) is 1.35. The van der Waals surface area contributed by atoms with Gasteiger partial charge in [0, 0.05) is 4.47 Å². The Bertz CT molecular complexity index is 320. The van der Waals surface area contributed by atoms with E-state index < -0.39 is 6.43 Å². The Morgan fingerprint density at radius 1 is 1.46 bits per heavy atom. The van der Waals surface area contributed by atoms with Gasteiger partial charge in [0.25, 0.3) is 6.43 Å². The fourth-order valence-electron chi connectivity index (χ4n) is 0.827. The highest BCUT2D eigenvalue weighted by Gasteiger charge is 2.19. The van der Waals surface area contributed by atoms with Crippen molar-refractivity contribution >= 4 is 31.9 Å². The molecule has 0 saturated carbocycles. The molecule has 1 aromatic rings. The highest BCUT2D eigenvalue weighted by atomic mass is 79.9. The van der Waals surface area contributed by atoms with Crippen molar-refractivity contribution in [2.45, 2.75) is 6.43 Å². The molecule has 0 bridgehead atoms. The second kappa shape index (κ2) is 4.32. The molecule has 0 saturated heterocycles. The average Bonchev–Trinajstić information content (AvgIpc) is 2.01. The number of ether oxygens (including phenoxy) is 1. The van der Waals surface area contributed by atoms with Crippen molar-refractivity contribution in [2.75, 3.05) is 7.11 Å². The maximum absolute atomic E-state index is 12.4. The van der Waals surface area contributed by atoms with Crippen LogP contribution < -0.4 is 4.74 Å². The predicted molar refractivity (Wildman–Crippen MR) is 51.1 cm³/mol. The Labute approximate surface area is 90.6 Å². The van der Waals surface area contributed by atoms with E-state index in [1.54, 1.807) is 0 Å². The van der Waals surface area contributed by atoms with Crippen molar-refractivity contribution in [2.24, 2.45) is 0 Å². The summed E-state index contributed by atoms with van der Waals surface area (Å²) in [4.78, 5) is 3.76. The number of hydrogen-bond donors (Lipinski definition) is 0. The van der Waals surface area contributed by atoms with Crippen LogP contribution in [-0.4, -0.2) is 12.1 Å². The van der Waals surface area contributed by atoms with E-state index in [2.05, 4.69) is 36.8 Å². The van der Waals surface area contributed by atoms with E-state index in [0.717, 1.165) is 0 Å². The molecule has 0 spiro atoms. The van der Waals surface area contributed by atoms with E-state index >= 15 is 0 Å². The largest absolute Gasteiger partial charge is 0.481 e. The number of aromatic nitrogens is 1. The highest BCUT2D eigenvalue weighted by molar-refractivity contribution is 9.11. The summed E-state index contributed by atoms with van der Waals surface area (Å²) >= 11 is 6.08. The molecule has 0 aromatic carbocycles. The lowest BCUT2D eigenvalue weighted by atomic mass is 10.3. The van der Waals surface area contributed by atoms with Gasteiger partial charge in [-0.3, -0.25) is 0 Å². The van der Waals surface area contributed by atoms with E-state index in [9.17, 15) is 8.78 Å². The molecule has 1 rings (SSSR count). The van der Waals surface area contributed by atoms with Crippen molar-refractivity contribution < 1.29 is 13.5 Å². The van der Waals surface area contributed by atoms with Crippen LogP contribution in [0.5, 0.6) is 5.88 Å². The maximum Gasteiger partial charge on any atom is 0.270 e. The van der Waals surface area contributed by atoms with E-state index in [-0.39, 0.29) is 15.9 Å². The number of pyridine rings is 1. The SMILES string of the molecule is COc1nc(Br)cc(Br)c1C(F)F. The molecule has 6 heteroatoms. The standard InChI is InChI=1S/C7H5Br2F2NO/c1-13-7-5(6(10)11)3(8)2-4(9)12-7/h2,6H,1H3. The molecule has 0 amide bonds. The predicted octanol–water partition coefficient (Wildman–Crippen LogP) is 3.55. The van der Waals surface area contributed by atoms with Crippen molar-refractivity contribution in [1.29, 1.82) is 0 Å². The molecule has 2 nitrogen and oxygen atoms in total. The number of alkyl halides is 2. The summed E-state index contributed by atoms with van der Waals surface area (Å²) in [5, 5.41) is 0. The Kier molecular flexibility index (Phi) is 3.61. The van der Waals surface area contributed by atoms with Gasteiger partial charge in [-0.05, 0) is 22.0 Å². The van der Waals surface area contributed by atoms with Gasteiger partial charge in [0.2, 0.25) is 5.88 Å². The minimum absolute atomic E-state index is 0.0729. The first-order valence-corrected chi connectivity index (χ1v) is 4.83.